The predicted octanol–water partition coefficient (Wildman–Crippen LogP) is 4.87. The highest BCUT2D eigenvalue weighted by molar-refractivity contribution is 7.99. The van der Waals surface area contributed by atoms with Gasteiger partial charge in [-0.3, -0.25) is 9.36 Å². The van der Waals surface area contributed by atoms with E-state index in [0.717, 1.165) is 47.4 Å². The van der Waals surface area contributed by atoms with E-state index in [1.54, 1.807) is 13.4 Å². The predicted molar refractivity (Wildman–Crippen MR) is 127 cm³/mol. The summed E-state index contributed by atoms with van der Waals surface area (Å²) in [4.78, 5) is 15.4. The zero-order valence-corrected chi connectivity index (χ0v) is 19.8. The van der Waals surface area contributed by atoms with Crippen LogP contribution in [0.25, 0.3) is 11.4 Å². The van der Waals surface area contributed by atoms with Crippen LogP contribution < -0.4 is 4.74 Å². The molecule has 1 aliphatic heterocycles. The van der Waals surface area contributed by atoms with E-state index in [2.05, 4.69) is 15.1 Å². The summed E-state index contributed by atoms with van der Waals surface area (Å²) >= 11 is 1.46. The molecular weight excluding hydrogens is 436 g/mol. The van der Waals surface area contributed by atoms with Gasteiger partial charge in [0.05, 0.1) is 25.7 Å². The Kier molecular flexibility index (Phi) is 6.71. The van der Waals surface area contributed by atoms with Crippen molar-refractivity contribution in [3.63, 3.8) is 0 Å². The van der Waals surface area contributed by atoms with Crippen LogP contribution in [-0.2, 0) is 11.3 Å². The van der Waals surface area contributed by atoms with Crippen molar-refractivity contribution < 1.29 is 13.9 Å². The van der Waals surface area contributed by atoms with E-state index in [9.17, 15) is 4.79 Å². The minimum Gasteiger partial charge on any atom is -0.497 e. The summed E-state index contributed by atoms with van der Waals surface area (Å²) in [5, 5.41) is 9.64. The lowest BCUT2D eigenvalue weighted by Crippen LogP contribution is -2.50. The molecule has 5 rings (SSSR count). The van der Waals surface area contributed by atoms with Gasteiger partial charge < -0.3 is 14.1 Å². The van der Waals surface area contributed by atoms with Crippen LogP contribution in [0.5, 0.6) is 5.75 Å². The van der Waals surface area contributed by atoms with Crippen LogP contribution in [0.3, 0.4) is 0 Å². The van der Waals surface area contributed by atoms with Crippen LogP contribution in [-0.4, -0.2) is 51.0 Å². The van der Waals surface area contributed by atoms with Crippen LogP contribution in [0.4, 0.5) is 0 Å². The van der Waals surface area contributed by atoms with Crippen molar-refractivity contribution in [3.05, 3.63) is 48.4 Å². The number of carbonyl (C=O) groups is 1. The minimum absolute atomic E-state index is 0.215. The Morgan fingerprint density at radius 1 is 1.15 bits per heavy atom. The number of carbonyl (C=O) groups excluding carboxylic acids is 1. The number of furan rings is 1. The largest absolute Gasteiger partial charge is 0.497 e. The summed E-state index contributed by atoms with van der Waals surface area (Å²) in [7, 11) is 1.65. The standard InChI is InChI=1S/C25H30N4O3S/c1-31-20-10-4-8-19(15-20)24-26-27-25(29(24)16-21-11-6-14-32-21)33-17-23(30)28-13-5-9-18-7-2-3-12-22(18)28/h4,6,8,10-11,14-15,18,22H,2-3,5,7,9,12-13,16-17H2,1H3. The molecule has 3 aromatic rings. The number of benzene rings is 1. The third kappa shape index (κ3) is 4.81. The second-order valence-electron chi connectivity index (χ2n) is 8.83. The molecule has 1 saturated heterocycles. The van der Waals surface area contributed by atoms with Gasteiger partial charge in [0.1, 0.15) is 11.5 Å². The molecule has 1 saturated carbocycles. The van der Waals surface area contributed by atoms with Crippen LogP contribution in [0.15, 0.2) is 52.2 Å². The molecule has 1 amide bonds. The van der Waals surface area contributed by atoms with Crippen molar-refractivity contribution in [2.75, 3.05) is 19.4 Å². The van der Waals surface area contributed by atoms with Gasteiger partial charge in [-0.1, -0.05) is 36.7 Å². The van der Waals surface area contributed by atoms with E-state index < -0.39 is 0 Å². The number of piperidine rings is 1. The first-order valence-electron chi connectivity index (χ1n) is 11.7. The average Bonchev–Trinajstić information content (AvgIpc) is 3.52. The molecule has 0 bridgehead atoms. The van der Waals surface area contributed by atoms with Crippen molar-refractivity contribution in [1.82, 2.24) is 19.7 Å². The Balaban J connectivity index is 1.36. The van der Waals surface area contributed by atoms with E-state index in [-0.39, 0.29) is 5.91 Å². The molecule has 33 heavy (non-hydrogen) atoms. The number of amides is 1. The zero-order chi connectivity index (χ0) is 22.6. The lowest BCUT2D eigenvalue weighted by Gasteiger charge is -2.44. The topological polar surface area (TPSA) is 73.4 Å². The number of ether oxygens (including phenoxy) is 1. The second kappa shape index (κ2) is 10.0. The highest BCUT2D eigenvalue weighted by Crippen LogP contribution is 2.36. The van der Waals surface area contributed by atoms with Crippen LogP contribution in [0.2, 0.25) is 0 Å². The molecule has 2 aliphatic rings. The van der Waals surface area contributed by atoms with Gasteiger partial charge in [-0.2, -0.15) is 0 Å². The Hall–Kier alpha value is -2.74. The molecule has 3 heterocycles. The lowest BCUT2D eigenvalue weighted by molar-refractivity contribution is -0.134. The van der Waals surface area contributed by atoms with Gasteiger partial charge in [-0.05, 0) is 55.9 Å². The first-order valence-corrected chi connectivity index (χ1v) is 12.7. The SMILES string of the molecule is COc1cccc(-c2nnc(SCC(=O)N3CCCC4CCCCC43)n2Cc2ccco2)c1. The van der Waals surface area contributed by atoms with Crippen molar-refractivity contribution in [1.29, 1.82) is 0 Å². The summed E-state index contributed by atoms with van der Waals surface area (Å²) in [6, 6.07) is 12.0. The Labute approximate surface area is 198 Å². The Morgan fingerprint density at radius 3 is 2.88 bits per heavy atom. The highest BCUT2D eigenvalue weighted by Gasteiger charge is 2.35. The van der Waals surface area contributed by atoms with E-state index in [1.807, 2.05) is 41.0 Å². The Bertz CT molecular complexity index is 1080. The number of nitrogens with zero attached hydrogens (tertiary/aromatic N) is 4. The quantitative estimate of drug-likeness (QED) is 0.463. The van der Waals surface area contributed by atoms with Gasteiger partial charge in [0.15, 0.2) is 11.0 Å². The minimum atomic E-state index is 0.215. The summed E-state index contributed by atoms with van der Waals surface area (Å²) < 4.78 is 13.0. The fourth-order valence-electron chi connectivity index (χ4n) is 5.22. The normalized spacial score (nSPS) is 20.5. The first-order chi connectivity index (χ1) is 16.2. The summed E-state index contributed by atoms with van der Waals surface area (Å²) in [5.41, 5.74) is 0.910. The third-order valence-corrected chi connectivity index (χ3v) is 7.78. The lowest BCUT2D eigenvalue weighted by atomic mass is 9.78. The number of methoxy groups -OCH3 is 1. The molecule has 1 aliphatic carbocycles. The number of rotatable bonds is 7. The first kappa shape index (κ1) is 22.1. The van der Waals surface area contributed by atoms with Gasteiger partial charge in [-0.15, -0.1) is 10.2 Å². The molecule has 2 unspecified atom stereocenters. The molecule has 2 atom stereocenters. The smallest absolute Gasteiger partial charge is 0.233 e. The molecule has 1 aromatic carbocycles. The van der Waals surface area contributed by atoms with E-state index in [0.29, 0.717) is 24.3 Å². The van der Waals surface area contributed by atoms with Crippen LogP contribution in [0.1, 0.15) is 44.3 Å². The molecule has 2 fully saturated rings. The Morgan fingerprint density at radius 2 is 2.03 bits per heavy atom. The monoisotopic (exact) mass is 466 g/mol. The molecule has 0 spiro atoms. The van der Waals surface area contributed by atoms with Gasteiger partial charge in [0.2, 0.25) is 5.91 Å². The highest BCUT2D eigenvalue weighted by atomic mass is 32.2. The second-order valence-corrected chi connectivity index (χ2v) is 9.78. The molecule has 7 nitrogen and oxygen atoms in total. The summed E-state index contributed by atoms with van der Waals surface area (Å²) in [5.74, 6) is 3.57. The van der Waals surface area contributed by atoms with Crippen LogP contribution in [0, 0.1) is 5.92 Å². The van der Waals surface area contributed by atoms with Crippen molar-refractivity contribution in [2.24, 2.45) is 5.92 Å². The van der Waals surface area contributed by atoms with Gasteiger partial charge in [0.25, 0.3) is 0 Å². The molecular formula is C25H30N4O3S. The number of hydrogen-bond donors (Lipinski definition) is 0. The summed E-state index contributed by atoms with van der Waals surface area (Å²) in [6.45, 7) is 1.38. The molecule has 2 aromatic heterocycles. The number of aromatic nitrogens is 3. The van der Waals surface area contributed by atoms with Crippen molar-refractivity contribution >= 4 is 17.7 Å². The maximum absolute atomic E-state index is 13.2. The van der Waals surface area contributed by atoms with Gasteiger partial charge in [0, 0.05) is 18.2 Å². The third-order valence-electron chi connectivity index (χ3n) is 6.83. The number of fused-ring (bicyclic) bond motifs is 1. The van der Waals surface area contributed by atoms with Crippen molar-refractivity contribution in [2.45, 2.75) is 56.3 Å². The van der Waals surface area contributed by atoms with Gasteiger partial charge in [-0.25, -0.2) is 0 Å². The number of likely N-dealkylation sites (tertiary alicyclic amines) is 1. The fourth-order valence-corrected chi connectivity index (χ4v) is 6.04. The molecule has 0 N–H and O–H groups in total. The van der Waals surface area contributed by atoms with E-state index >= 15 is 0 Å². The molecule has 174 valence electrons. The maximum atomic E-state index is 13.2. The van der Waals surface area contributed by atoms with E-state index in [4.69, 9.17) is 9.15 Å². The average molecular weight is 467 g/mol. The maximum Gasteiger partial charge on any atom is 0.233 e. The molecule has 0 radical (unpaired) electrons. The zero-order valence-electron chi connectivity index (χ0n) is 19.0. The number of hydrogen-bond acceptors (Lipinski definition) is 6. The van der Waals surface area contributed by atoms with Crippen molar-refractivity contribution in [3.8, 4) is 17.1 Å². The van der Waals surface area contributed by atoms with Gasteiger partial charge >= 0.3 is 0 Å². The molecule has 8 heteroatoms. The van der Waals surface area contributed by atoms with Crippen LogP contribution >= 0.6 is 11.8 Å². The number of thioether (sulfide) groups is 1. The van der Waals surface area contributed by atoms with E-state index in [1.165, 1.54) is 37.4 Å². The fraction of sp³-hybridized carbons (Fsp3) is 0.480. The summed E-state index contributed by atoms with van der Waals surface area (Å²) in [6.07, 6.45) is 9.01.